The van der Waals surface area contributed by atoms with E-state index in [9.17, 15) is 9.18 Å². The number of hydrogen-bond donors (Lipinski definition) is 1. The number of benzene rings is 2. The number of nitrogens with zero attached hydrogens (tertiary/aromatic N) is 4. The zero-order valence-corrected chi connectivity index (χ0v) is 17.6. The highest BCUT2D eigenvalue weighted by Gasteiger charge is 2.20. The van der Waals surface area contributed by atoms with Gasteiger partial charge in [-0.3, -0.25) is 14.3 Å². The summed E-state index contributed by atoms with van der Waals surface area (Å²) in [7, 11) is 0. The van der Waals surface area contributed by atoms with Crippen LogP contribution in [0.3, 0.4) is 0 Å². The molecule has 0 saturated heterocycles. The number of para-hydroxylation sites is 1. The summed E-state index contributed by atoms with van der Waals surface area (Å²) in [4.78, 5) is 16.8. The van der Waals surface area contributed by atoms with E-state index < -0.39 is 0 Å². The third-order valence-corrected chi connectivity index (χ3v) is 5.53. The van der Waals surface area contributed by atoms with Crippen LogP contribution >= 0.6 is 11.8 Å². The van der Waals surface area contributed by atoms with Crippen LogP contribution in [0.25, 0.3) is 17.1 Å². The van der Waals surface area contributed by atoms with Gasteiger partial charge in [-0.2, -0.15) is 0 Å². The molecule has 4 aromatic rings. The fourth-order valence-corrected chi connectivity index (χ4v) is 3.87. The van der Waals surface area contributed by atoms with Gasteiger partial charge in [-0.15, -0.1) is 10.2 Å². The summed E-state index contributed by atoms with van der Waals surface area (Å²) < 4.78 is 16.2. The Morgan fingerprint density at radius 1 is 1.03 bits per heavy atom. The summed E-state index contributed by atoms with van der Waals surface area (Å²) in [6.07, 6.45) is 1.69. The van der Waals surface area contributed by atoms with E-state index in [1.165, 1.54) is 17.8 Å². The zero-order chi connectivity index (χ0) is 21.6. The van der Waals surface area contributed by atoms with Crippen molar-refractivity contribution >= 4 is 17.7 Å². The van der Waals surface area contributed by atoms with Gasteiger partial charge in [-0.25, -0.2) is 4.39 Å². The first kappa shape index (κ1) is 20.7. The van der Waals surface area contributed by atoms with Gasteiger partial charge < -0.3 is 5.32 Å². The molecule has 6 nitrogen and oxygen atoms in total. The van der Waals surface area contributed by atoms with E-state index in [2.05, 4.69) is 20.5 Å². The summed E-state index contributed by atoms with van der Waals surface area (Å²) in [5.74, 6) is -0.0165. The topological polar surface area (TPSA) is 72.7 Å². The molecule has 2 heterocycles. The smallest absolute Gasteiger partial charge is 0.231 e. The Bertz CT molecular complexity index is 1170. The molecule has 0 radical (unpaired) electrons. The van der Waals surface area contributed by atoms with Crippen molar-refractivity contribution in [3.63, 3.8) is 0 Å². The number of aromatic nitrogens is 4. The Morgan fingerprint density at radius 3 is 2.52 bits per heavy atom. The van der Waals surface area contributed by atoms with E-state index in [1.807, 2.05) is 55.5 Å². The molecule has 8 heteroatoms. The van der Waals surface area contributed by atoms with Crippen molar-refractivity contribution < 1.29 is 9.18 Å². The van der Waals surface area contributed by atoms with Crippen molar-refractivity contribution in [1.29, 1.82) is 0 Å². The van der Waals surface area contributed by atoms with Gasteiger partial charge in [0.1, 0.15) is 5.82 Å². The van der Waals surface area contributed by atoms with Crippen LogP contribution in [0.2, 0.25) is 0 Å². The second-order valence-corrected chi connectivity index (χ2v) is 7.73. The molecule has 0 aliphatic carbocycles. The van der Waals surface area contributed by atoms with Gasteiger partial charge >= 0.3 is 0 Å². The lowest BCUT2D eigenvalue weighted by Gasteiger charge is -2.13. The van der Waals surface area contributed by atoms with E-state index in [0.717, 1.165) is 11.4 Å². The Balaban J connectivity index is 1.56. The van der Waals surface area contributed by atoms with Crippen molar-refractivity contribution in [2.75, 3.05) is 5.75 Å². The highest BCUT2D eigenvalue weighted by atomic mass is 32.2. The molecule has 4 rings (SSSR count). The molecule has 156 valence electrons. The van der Waals surface area contributed by atoms with Crippen molar-refractivity contribution in [2.24, 2.45) is 0 Å². The van der Waals surface area contributed by atoms with Crippen molar-refractivity contribution in [1.82, 2.24) is 25.1 Å². The summed E-state index contributed by atoms with van der Waals surface area (Å²) in [5.41, 5.74) is 1.92. The molecular formula is C23H20FN5OS. The van der Waals surface area contributed by atoms with Gasteiger partial charge in [0.2, 0.25) is 5.91 Å². The van der Waals surface area contributed by atoms with Gasteiger partial charge in [-0.1, -0.05) is 48.2 Å². The monoisotopic (exact) mass is 433 g/mol. The molecule has 0 aliphatic heterocycles. The van der Waals surface area contributed by atoms with Crippen molar-refractivity contribution in [2.45, 2.75) is 18.1 Å². The van der Waals surface area contributed by atoms with Crippen LogP contribution in [-0.4, -0.2) is 31.4 Å². The second-order valence-electron chi connectivity index (χ2n) is 6.79. The number of amides is 1. The van der Waals surface area contributed by atoms with Gasteiger partial charge in [0.05, 0.1) is 23.1 Å². The summed E-state index contributed by atoms with van der Waals surface area (Å²) in [6.45, 7) is 1.88. The summed E-state index contributed by atoms with van der Waals surface area (Å²) >= 11 is 1.24. The average Bonchev–Trinajstić information content (AvgIpc) is 3.23. The van der Waals surface area contributed by atoms with E-state index in [-0.39, 0.29) is 23.5 Å². The van der Waals surface area contributed by atoms with Crippen LogP contribution in [0.1, 0.15) is 18.7 Å². The third-order valence-electron chi connectivity index (χ3n) is 4.60. The summed E-state index contributed by atoms with van der Waals surface area (Å²) in [6, 6.07) is 21.2. The lowest BCUT2D eigenvalue weighted by molar-refractivity contribution is -0.119. The Labute approximate surface area is 183 Å². The Kier molecular flexibility index (Phi) is 6.37. The SMILES string of the molecule is CC(NC(=O)CSc1nnc(-c2ccccc2F)n1-c1ccccc1)c1ccccn1. The molecule has 0 bridgehead atoms. The largest absolute Gasteiger partial charge is 0.347 e. The average molecular weight is 434 g/mol. The number of carbonyl (C=O) groups is 1. The van der Waals surface area contributed by atoms with E-state index in [0.29, 0.717) is 16.5 Å². The molecule has 0 saturated carbocycles. The number of carbonyl (C=O) groups excluding carboxylic acids is 1. The normalized spacial score (nSPS) is 11.8. The maximum atomic E-state index is 14.4. The maximum absolute atomic E-state index is 14.4. The van der Waals surface area contributed by atoms with E-state index in [4.69, 9.17) is 0 Å². The lowest BCUT2D eigenvalue weighted by Crippen LogP contribution is -2.28. The van der Waals surface area contributed by atoms with Crippen LogP contribution in [0.4, 0.5) is 4.39 Å². The number of halogens is 1. The van der Waals surface area contributed by atoms with Crippen LogP contribution in [0.15, 0.2) is 84.1 Å². The molecule has 1 atom stereocenters. The predicted molar refractivity (Wildman–Crippen MR) is 118 cm³/mol. The molecular weight excluding hydrogens is 413 g/mol. The minimum Gasteiger partial charge on any atom is -0.347 e. The minimum absolute atomic E-state index is 0.138. The number of pyridine rings is 1. The molecule has 1 unspecified atom stereocenters. The van der Waals surface area contributed by atoms with Crippen LogP contribution in [0.5, 0.6) is 0 Å². The fraction of sp³-hybridized carbons (Fsp3) is 0.130. The van der Waals surface area contributed by atoms with Gasteiger partial charge in [0.25, 0.3) is 0 Å². The van der Waals surface area contributed by atoms with Gasteiger partial charge in [0.15, 0.2) is 11.0 Å². The van der Waals surface area contributed by atoms with E-state index >= 15 is 0 Å². The highest BCUT2D eigenvalue weighted by Crippen LogP contribution is 2.29. The number of rotatable bonds is 7. The van der Waals surface area contributed by atoms with Crippen LogP contribution in [0, 0.1) is 5.82 Å². The fourth-order valence-electron chi connectivity index (χ4n) is 3.11. The third kappa shape index (κ3) is 4.80. The molecule has 0 aliphatic rings. The first-order valence-corrected chi connectivity index (χ1v) is 10.7. The molecule has 2 aromatic carbocycles. The Hall–Kier alpha value is -3.52. The molecule has 31 heavy (non-hydrogen) atoms. The maximum Gasteiger partial charge on any atom is 0.231 e. The number of hydrogen-bond acceptors (Lipinski definition) is 5. The van der Waals surface area contributed by atoms with E-state index in [1.54, 1.807) is 29.0 Å². The van der Waals surface area contributed by atoms with Gasteiger partial charge in [0, 0.05) is 11.9 Å². The number of thioether (sulfide) groups is 1. The Morgan fingerprint density at radius 2 is 1.77 bits per heavy atom. The van der Waals surface area contributed by atoms with Crippen molar-refractivity contribution in [3.05, 3.63) is 90.5 Å². The second kappa shape index (κ2) is 9.53. The minimum atomic E-state index is -0.384. The molecule has 1 amide bonds. The van der Waals surface area contributed by atoms with Crippen LogP contribution < -0.4 is 5.32 Å². The lowest BCUT2D eigenvalue weighted by atomic mass is 10.2. The molecule has 0 spiro atoms. The van der Waals surface area contributed by atoms with Crippen LogP contribution in [-0.2, 0) is 4.79 Å². The molecule has 0 fully saturated rings. The number of nitrogens with one attached hydrogen (secondary N) is 1. The quantitative estimate of drug-likeness (QED) is 0.436. The standard InChI is InChI=1S/C23H20FN5OS/c1-16(20-13-7-8-14-25-20)26-21(30)15-31-23-28-27-22(18-11-5-6-12-19(18)24)29(23)17-9-3-2-4-10-17/h2-14,16H,15H2,1H3,(H,26,30). The molecule has 2 aromatic heterocycles. The highest BCUT2D eigenvalue weighted by molar-refractivity contribution is 7.99. The first-order valence-electron chi connectivity index (χ1n) is 9.72. The molecule has 1 N–H and O–H groups in total. The first-order chi connectivity index (χ1) is 15.1. The predicted octanol–water partition coefficient (Wildman–Crippen LogP) is 4.44. The van der Waals surface area contributed by atoms with Crippen molar-refractivity contribution in [3.8, 4) is 17.1 Å². The zero-order valence-electron chi connectivity index (χ0n) is 16.8. The van der Waals surface area contributed by atoms with Gasteiger partial charge in [-0.05, 0) is 43.3 Å². The summed E-state index contributed by atoms with van der Waals surface area (Å²) in [5, 5.41) is 11.9.